The number of nitrogens with zero attached hydrogens (tertiary/aromatic N) is 5. The molecule has 1 fully saturated rings. The Bertz CT molecular complexity index is 1230. The summed E-state index contributed by atoms with van der Waals surface area (Å²) in [7, 11) is 3.69. The van der Waals surface area contributed by atoms with Gasteiger partial charge in [-0.25, -0.2) is 9.07 Å². The Labute approximate surface area is 220 Å². The largest absolute Gasteiger partial charge is 0.383 e. The number of methoxy groups -OCH3 is 1. The topological polar surface area (TPSA) is 53.8 Å². The molecule has 36 heavy (non-hydrogen) atoms. The monoisotopic (exact) mass is 533 g/mol. The summed E-state index contributed by atoms with van der Waals surface area (Å²) in [5, 5.41) is 5.55. The quantitative estimate of drug-likeness (QED) is 0.421. The van der Waals surface area contributed by atoms with E-state index in [1.54, 1.807) is 41.0 Å². The minimum atomic E-state index is -0.333. The summed E-state index contributed by atoms with van der Waals surface area (Å²) < 4.78 is 21.2. The van der Waals surface area contributed by atoms with Crippen molar-refractivity contribution in [3.8, 4) is 5.69 Å². The Morgan fingerprint density at radius 3 is 2.56 bits per heavy atom. The summed E-state index contributed by atoms with van der Waals surface area (Å²) in [5.74, 6) is 0.306. The second-order valence-corrected chi connectivity index (χ2v) is 9.76. The Hall–Kier alpha value is -2.65. The van der Waals surface area contributed by atoms with Crippen LogP contribution in [-0.2, 0) is 11.3 Å². The summed E-state index contributed by atoms with van der Waals surface area (Å²) >= 11 is 12.4. The predicted molar refractivity (Wildman–Crippen MR) is 141 cm³/mol. The van der Waals surface area contributed by atoms with E-state index in [4.69, 9.17) is 33.0 Å². The molecule has 2 aromatic carbocycles. The van der Waals surface area contributed by atoms with Crippen LogP contribution in [-0.4, -0.2) is 79.0 Å². The molecule has 1 amide bonds. The molecule has 2 heterocycles. The molecular weight excluding hydrogens is 504 g/mol. The molecule has 0 aliphatic carbocycles. The molecule has 1 aliphatic heterocycles. The van der Waals surface area contributed by atoms with Gasteiger partial charge in [-0.3, -0.25) is 4.79 Å². The van der Waals surface area contributed by atoms with E-state index in [0.29, 0.717) is 41.0 Å². The van der Waals surface area contributed by atoms with Gasteiger partial charge in [-0.05, 0) is 50.4 Å². The van der Waals surface area contributed by atoms with E-state index >= 15 is 0 Å². The number of carbonyl (C=O) groups is 1. The molecule has 0 unspecified atom stereocenters. The van der Waals surface area contributed by atoms with Crippen LogP contribution in [0.3, 0.4) is 0 Å². The number of piperazine rings is 1. The highest BCUT2D eigenvalue weighted by atomic mass is 35.5. The molecule has 192 valence electrons. The van der Waals surface area contributed by atoms with Gasteiger partial charge in [-0.1, -0.05) is 29.3 Å². The molecule has 4 rings (SSSR count). The van der Waals surface area contributed by atoms with Crippen LogP contribution in [0.1, 0.15) is 21.6 Å². The Morgan fingerprint density at radius 1 is 1.14 bits per heavy atom. The molecule has 0 atom stereocenters. The van der Waals surface area contributed by atoms with Gasteiger partial charge in [0, 0.05) is 50.4 Å². The minimum absolute atomic E-state index is 0.226. The van der Waals surface area contributed by atoms with E-state index < -0.39 is 0 Å². The molecule has 1 saturated heterocycles. The van der Waals surface area contributed by atoms with E-state index in [1.807, 2.05) is 13.0 Å². The number of carbonyl (C=O) groups excluding carboxylic acids is 1. The first-order chi connectivity index (χ1) is 17.3. The smallest absolute Gasteiger partial charge is 0.255 e. The molecule has 0 saturated carbocycles. The first-order valence-electron chi connectivity index (χ1n) is 11.8. The Kier molecular flexibility index (Phi) is 8.51. The standard InChI is InChI=1S/C26H30Cl2FN5O2/c1-18-23(17-33(13-14-36-3)26(35)22-8-7-19(27)15-24(22)28)25(32-11-9-31(2)10-12-32)34(30-18)21-6-4-5-20(29)16-21/h4-8,15-16H,9-14,17H2,1-3H3. The fraction of sp³-hybridized carbons (Fsp3) is 0.385. The number of halogens is 3. The minimum Gasteiger partial charge on any atom is -0.383 e. The number of amides is 1. The average molecular weight is 534 g/mol. The predicted octanol–water partition coefficient (Wildman–Crippen LogP) is 4.67. The second kappa shape index (κ2) is 11.6. The summed E-state index contributed by atoms with van der Waals surface area (Å²) in [6.45, 7) is 6.29. The fourth-order valence-corrected chi connectivity index (χ4v) is 4.83. The van der Waals surface area contributed by atoms with Crippen molar-refractivity contribution < 1.29 is 13.9 Å². The summed E-state index contributed by atoms with van der Waals surface area (Å²) in [6, 6.07) is 11.2. The van der Waals surface area contributed by atoms with Crippen LogP contribution in [0.5, 0.6) is 0 Å². The maximum atomic E-state index is 14.1. The summed E-state index contributed by atoms with van der Waals surface area (Å²) in [5.41, 5.74) is 2.67. The van der Waals surface area contributed by atoms with Crippen molar-refractivity contribution >= 4 is 34.9 Å². The third-order valence-corrected chi connectivity index (χ3v) is 6.92. The number of anilines is 1. The molecule has 0 bridgehead atoms. The highest BCUT2D eigenvalue weighted by Gasteiger charge is 2.28. The SMILES string of the molecule is COCCN(Cc1c(C)nn(-c2cccc(F)c2)c1N1CCN(C)CC1)C(=O)c1ccc(Cl)cc1Cl. The van der Waals surface area contributed by atoms with Gasteiger partial charge in [-0.2, -0.15) is 5.10 Å². The fourth-order valence-electron chi connectivity index (χ4n) is 4.34. The van der Waals surface area contributed by atoms with Crippen molar-refractivity contribution in [2.45, 2.75) is 13.5 Å². The van der Waals surface area contributed by atoms with Crippen LogP contribution in [0.4, 0.5) is 10.2 Å². The molecule has 0 radical (unpaired) electrons. The normalized spacial score (nSPS) is 14.3. The van der Waals surface area contributed by atoms with Gasteiger partial charge < -0.3 is 19.4 Å². The van der Waals surface area contributed by atoms with Crippen LogP contribution in [0.25, 0.3) is 5.69 Å². The van der Waals surface area contributed by atoms with Crippen LogP contribution in [0, 0.1) is 12.7 Å². The lowest BCUT2D eigenvalue weighted by Gasteiger charge is -2.35. The number of rotatable bonds is 8. The Balaban J connectivity index is 1.76. The van der Waals surface area contributed by atoms with Gasteiger partial charge in [0.15, 0.2) is 0 Å². The number of benzene rings is 2. The molecule has 0 spiro atoms. The van der Waals surface area contributed by atoms with Crippen molar-refractivity contribution in [1.29, 1.82) is 0 Å². The van der Waals surface area contributed by atoms with E-state index in [9.17, 15) is 9.18 Å². The first kappa shape index (κ1) is 26.4. The molecule has 10 heteroatoms. The van der Waals surface area contributed by atoms with Crippen molar-refractivity contribution in [2.24, 2.45) is 0 Å². The zero-order valence-electron chi connectivity index (χ0n) is 20.7. The van der Waals surface area contributed by atoms with E-state index in [2.05, 4.69) is 16.8 Å². The lowest BCUT2D eigenvalue weighted by Crippen LogP contribution is -2.45. The van der Waals surface area contributed by atoms with E-state index in [1.165, 1.54) is 12.1 Å². The Morgan fingerprint density at radius 2 is 1.89 bits per heavy atom. The van der Waals surface area contributed by atoms with Crippen molar-refractivity contribution in [2.75, 3.05) is 58.4 Å². The zero-order chi connectivity index (χ0) is 25.8. The van der Waals surface area contributed by atoms with E-state index in [-0.39, 0.29) is 11.7 Å². The van der Waals surface area contributed by atoms with Gasteiger partial charge in [0.05, 0.1) is 35.1 Å². The summed E-state index contributed by atoms with van der Waals surface area (Å²) in [6.07, 6.45) is 0. The van der Waals surface area contributed by atoms with Crippen molar-refractivity contribution in [3.05, 3.63) is 75.1 Å². The highest BCUT2D eigenvalue weighted by molar-refractivity contribution is 6.36. The summed E-state index contributed by atoms with van der Waals surface area (Å²) in [4.78, 5) is 19.8. The average Bonchev–Trinajstić information content (AvgIpc) is 3.17. The first-order valence-corrected chi connectivity index (χ1v) is 12.5. The molecule has 1 aromatic heterocycles. The van der Waals surface area contributed by atoms with Crippen LogP contribution in [0.2, 0.25) is 10.0 Å². The molecule has 7 nitrogen and oxygen atoms in total. The maximum Gasteiger partial charge on any atom is 0.255 e. The van der Waals surface area contributed by atoms with Crippen molar-refractivity contribution in [1.82, 2.24) is 19.6 Å². The second-order valence-electron chi connectivity index (χ2n) is 8.91. The zero-order valence-corrected chi connectivity index (χ0v) is 22.2. The lowest BCUT2D eigenvalue weighted by molar-refractivity contribution is 0.0680. The molecular formula is C26H30Cl2FN5O2. The number of hydrogen-bond acceptors (Lipinski definition) is 5. The van der Waals surface area contributed by atoms with Crippen LogP contribution < -0.4 is 4.90 Å². The lowest BCUT2D eigenvalue weighted by atomic mass is 10.1. The molecule has 0 N–H and O–H groups in total. The van der Waals surface area contributed by atoms with Crippen LogP contribution in [0.15, 0.2) is 42.5 Å². The highest BCUT2D eigenvalue weighted by Crippen LogP contribution is 2.31. The third kappa shape index (κ3) is 5.83. The molecule has 1 aliphatic rings. The number of aromatic nitrogens is 2. The van der Waals surface area contributed by atoms with Gasteiger partial charge in [0.25, 0.3) is 5.91 Å². The number of hydrogen-bond donors (Lipinski definition) is 0. The van der Waals surface area contributed by atoms with Crippen LogP contribution >= 0.6 is 23.2 Å². The number of aryl methyl sites for hydroxylation is 1. The van der Waals surface area contributed by atoms with Gasteiger partial charge in [0.2, 0.25) is 0 Å². The molecule has 3 aromatic rings. The number of likely N-dealkylation sites (N-methyl/N-ethyl adjacent to an activating group) is 1. The maximum absolute atomic E-state index is 14.1. The van der Waals surface area contributed by atoms with E-state index in [0.717, 1.165) is 43.3 Å². The third-order valence-electron chi connectivity index (χ3n) is 6.38. The number of ether oxygens (including phenoxy) is 1. The van der Waals surface area contributed by atoms with Gasteiger partial charge in [0.1, 0.15) is 11.6 Å². The van der Waals surface area contributed by atoms with Gasteiger partial charge >= 0.3 is 0 Å². The van der Waals surface area contributed by atoms with Crippen molar-refractivity contribution in [3.63, 3.8) is 0 Å². The van der Waals surface area contributed by atoms with Gasteiger partial charge in [-0.15, -0.1) is 0 Å².